The average molecular weight is 317 g/mol. The number of hydrogen-bond donors (Lipinski definition) is 0. The quantitative estimate of drug-likeness (QED) is 0.692. The van der Waals surface area contributed by atoms with Gasteiger partial charge in [0.2, 0.25) is 0 Å². The van der Waals surface area contributed by atoms with Crippen molar-refractivity contribution in [1.29, 1.82) is 5.26 Å². The lowest BCUT2D eigenvalue weighted by Crippen LogP contribution is -2.05. The molecule has 0 unspecified atom stereocenters. The Kier molecular flexibility index (Phi) is 3.78. The van der Waals surface area contributed by atoms with E-state index in [0.29, 0.717) is 34.2 Å². The third kappa shape index (κ3) is 2.46. The van der Waals surface area contributed by atoms with E-state index in [4.69, 9.17) is 23.2 Å². The third-order valence-electron chi connectivity index (χ3n) is 3.12. The predicted octanol–water partition coefficient (Wildman–Crippen LogP) is 3.73. The first kappa shape index (κ1) is 13.9. The minimum Gasteiger partial charge on any atom is -0.279 e. The molecule has 6 heteroatoms. The number of halogens is 2. The molecule has 21 heavy (non-hydrogen) atoms. The van der Waals surface area contributed by atoms with Crippen LogP contribution in [0.1, 0.15) is 11.4 Å². The highest BCUT2D eigenvalue weighted by atomic mass is 35.5. The van der Waals surface area contributed by atoms with E-state index >= 15 is 0 Å². The Morgan fingerprint density at radius 2 is 2.14 bits per heavy atom. The second kappa shape index (κ2) is 5.72. The first-order valence-electron chi connectivity index (χ1n) is 6.33. The first-order valence-corrected chi connectivity index (χ1v) is 7.24. The normalized spacial score (nSPS) is 10.7. The van der Waals surface area contributed by atoms with Crippen molar-refractivity contribution < 1.29 is 0 Å². The van der Waals surface area contributed by atoms with Crippen LogP contribution >= 0.6 is 23.2 Å². The van der Waals surface area contributed by atoms with Crippen LogP contribution in [0.5, 0.6) is 0 Å². The zero-order valence-corrected chi connectivity index (χ0v) is 12.4. The summed E-state index contributed by atoms with van der Waals surface area (Å²) in [7, 11) is 0. The SMILES string of the molecule is N#Cc1ccc(Cl)cc1-n1c(CCCl)nc2cccnc21. The molecule has 2 aromatic heterocycles. The Hall–Kier alpha value is -2.09. The van der Waals surface area contributed by atoms with Gasteiger partial charge in [-0.3, -0.25) is 4.57 Å². The van der Waals surface area contributed by atoms with E-state index in [-0.39, 0.29) is 0 Å². The number of aryl methyl sites for hydroxylation is 1. The number of aromatic nitrogens is 3. The van der Waals surface area contributed by atoms with Crippen LogP contribution in [0.25, 0.3) is 16.9 Å². The van der Waals surface area contributed by atoms with Crippen molar-refractivity contribution in [1.82, 2.24) is 14.5 Å². The fourth-order valence-corrected chi connectivity index (χ4v) is 2.58. The summed E-state index contributed by atoms with van der Waals surface area (Å²) in [5.74, 6) is 1.20. The molecule has 3 aromatic rings. The number of rotatable bonds is 3. The summed E-state index contributed by atoms with van der Waals surface area (Å²) in [6, 6.07) is 11.0. The van der Waals surface area contributed by atoms with Crippen LogP contribution in [0, 0.1) is 11.3 Å². The zero-order chi connectivity index (χ0) is 14.8. The van der Waals surface area contributed by atoms with E-state index in [1.807, 2.05) is 16.7 Å². The van der Waals surface area contributed by atoms with Crippen LogP contribution in [0.2, 0.25) is 5.02 Å². The Labute approximate surface area is 131 Å². The summed E-state index contributed by atoms with van der Waals surface area (Å²) >= 11 is 11.9. The molecule has 4 nitrogen and oxygen atoms in total. The Morgan fingerprint density at radius 1 is 1.29 bits per heavy atom. The molecule has 3 rings (SSSR count). The van der Waals surface area contributed by atoms with Gasteiger partial charge in [0.05, 0.1) is 11.3 Å². The van der Waals surface area contributed by atoms with Gasteiger partial charge in [-0.25, -0.2) is 9.97 Å². The Bertz CT molecular complexity index is 848. The summed E-state index contributed by atoms with van der Waals surface area (Å²) in [5, 5.41) is 9.88. The molecule has 0 N–H and O–H groups in total. The molecule has 0 radical (unpaired) electrons. The van der Waals surface area contributed by atoms with Gasteiger partial charge in [0.1, 0.15) is 17.4 Å². The molecule has 0 amide bonds. The minimum atomic E-state index is 0.436. The maximum absolute atomic E-state index is 9.33. The van der Waals surface area contributed by atoms with Crippen LogP contribution < -0.4 is 0 Å². The second-order valence-corrected chi connectivity index (χ2v) is 5.24. The topological polar surface area (TPSA) is 54.5 Å². The zero-order valence-electron chi connectivity index (χ0n) is 10.9. The second-order valence-electron chi connectivity index (χ2n) is 4.42. The molecule has 0 aliphatic heterocycles. The van der Waals surface area contributed by atoms with Gasteiger partial charge in [-0.05, 0) is 30.3 Å². The molecule has 0 saturated heterocycles. The van der Waals surface area contributed by atoms with Crippen molar-refractivity contribution in [3.63, 3.8) is 0 Å². The molecular formula is C15H10Cl2N4. The van der Waals surface area contributed by atoms with Crippen molar-refractivity contribution in [2.24, 2.45) is 0 Å². The van der Waals surface area contributed by atoms with Gasteiger partial charge >= 0.3 is 0 Å². The number of imidazole rings is 1. The van der Waals surface area contributed by atoms with Gasteiger partial charge in [-0.1, -0.05) is 11.6 Å². The minimum absolute atomic E-state index is 0.436. The molecule has 0 bridgehead atoms. The highest BCUT2D eigenvalue weighted by molar-refractivity contribution is 6.30. The maximum atomic E-state index is 9.33. The number of hydrogen-bond acceptors (Lipinski definition) is 3. The summed E-state index contributed by atoms with van der Waals surface area (Å²) < 4.78 is 1.85. The summed E-state index contributed by atoms with van der Waals surface area (Å²) in [5.41, 5.74) is 2.64. The molecule has 0 saturated carbocycles. The van der Waals surface area contributed by atoms with Crippen LogP contribution in [0.4, 0.5) is 0 Å². The van der Waals surface area contributed by atoms with E-state index in [2.05, 4.69) is 16.0 Å². The van der Waals surface area contributed by atoms with Crippen molar-refractivity contribution in [3.05, 3.63) is 52.9 Å². The van der Waals surface area contributed by atoms with Crippen LogP contribution in [-0.4, -0.2) is 20.4 Å². The largest absolute Gasteiger partial charge is 0.279 e. The van der Waals surface area contributed by atoms with Crippen molar-refractivity contribution in [2.45, 2.75) is 6.42 Å². The Balaban J connectivity index is 2.36. The van der Waals surface area contributed by atoms with Crippen LogP contribution in [0.15, 0.2) is 36.5 Å². The number of alkyl halides is 1. The van der Waals surface area contributed by atoms with Gasteiger partial charge in [0.15, 0.2) is 5.65 Å². The summed E-state index contributed by atoms with van der Waals surface area (Å²) in [4.78, 5) is 8.92. The van der Waals surface area contributed by atoms with Crippen molar-refractivity contribution in [2.75, 3.05) is 5.88 Å². The van der Waals surface area contributed by atoms with Gasteiger partial charge in [0.25, 0.3) is 0 Å². The molecule has 0 atom stereocenters. The smallest absolute Gasteiger partial charge is 0.164 e. The highest BCUT2D eigenvalue weighted by Gasteiger charge is 2.16. The molecule has 0 aliphatic rings. The van der Waals surface area contributed by atoms with Gasteiger partial charge in [-0.2, -0.15) is 5.26 Å². The summed E-state index contributed by atoms with van der Waals surface area (Å²) in [6.07, 6.45) is 2.27. The molecular weight excluding hydrogens is 307 g/mol. The molecule has 0 spiro atoms. The highest BCUT2D eigenvalue weighted by Crippen LogP contribution is 2.25. The molecule has 0 fully saturated rings. The van der Waals surface area contributed by atoms with Crippen LogP contribution in [-0.2, 0) is 6.42 Å². The van der Waals surface area contributed by atoms with E-state index in [9.17, 15) is 5.26 Å². The molecule has 104 valence electrons. The van der Waals surface area contributed by atoms with E-state index in [0.717, 1.165) is 11.3 Å². The average Bonchev–Trinajstić information content (AvgIpc) is 2.85. The number of pyridine rings is 1. The van der Waals surface area contributed by atoms with E-state index in [1.165, 1.54) is 0 Å². The molecule has 2 heterocycles. The lowest BCUT2D eigenvalue weighted by atomic mass is 10.2. The van der Waals surface area contributed by atoms with Crippen molar-refractivity contribution in [3.8, 4) is 11.8 Å². The van der Waals surface area contributed by atoms with E-state index in [1.54, 1.807) is 24.4 Å². The Morgan fingerprint density at radius 3 is 2.90 bits per heavy atom. The van der Waals surface area contributed by atoms with Crippen LogP contribution in [0.3, 0.4) is 0 Å². The van der Waals surface area contributed by atoms with Gasteiger partial charge in [-0.15, -0.1) is 11.6 Å². The maximum Gasteiger partial charge on any atom is 0.164 e. The van der Waals surface area contributed by atoms with Crippen molar-refractivity contribution >= 4 is 34.4 Å². The first-order chi connectivity index (χ1) is 10.2. The van der Waals surface area contributed by atoms with Gasteiger partial charge < -0.3 is 0 Å². The fourth-order valence-electron chi connectivity index (χ4n) is 2.25. The fraction of sp³-hybridized carbons (Fsp3) is 0.133. The number of benzene rings is 1. The number of nitriles is 1. The molecule has 1 aromatic carbocycles. The summed E-state index contributed by atoms with van der Waals surface area (Å²) in [6.45, 7) is 0. The number of fused-ring (bicyclic) bond motifs is 1. The standard InChI is InChI=1S/C15H10Cl2N4/c16-6-5-14-20-12-2-1-7-19-15(12)21(14)13-8-11(17)4-3-10(13)9-18/h1-4,7-8H,5-6H2. The van der Waals surface area contributed by atoms with Gasteiger partial charge in [0, 0.05) is 23.5 Å². The lowest BCUT2D eigenvalue weighted by molar-refractivity contribution is 0.903. The number of nitrogens with zero attached hydrogens (tertiary/aromatic N) is 4. The predicted molar refractivity (Wildman–Crippen MR) is 83.0 cm³/mol. The van der Waals surface area contributed by atoms with E-state index < -0.39 is 0 Å². The lowest BCUT2D eigenvalue weighted by Gasteiger charge is -2.10. The third-order valence-corrected chi connectivity index (χ3v) is 3.55. The molecule has 0 aliphatic carbocycles. The monoisotopic (exact) mass is 316 g/mol.